The van der Waals surface area contributed by atoms with E-state index in [1.165, 1.54) is 0 Å². The Bertz CT molecular complexity index is 314. The summed E-state index contributed by atoms with van der Waals surface area (Å²) in [6.45, 7) is 6.19. The second-order valence-corrected chi connectivity index (χ2v) is 3.46. The zero-order valence-electron chi connectivity index (χ0n) is 9.85. The molecule has 0 spiro atoms. The van der Waals surface area contributed by atoms with Crippen LogP contribution in [0.15, 0.2) is 24.5 Å². The van der Waals surface area contributed by atoms with Gasteiger partial charge >= 0.3 is 5.97 Å². The van der Waals surface area contributed by atoms with Crippen molar-refractivity contribution in [3.05, 3.63) is 30.1 Å². The van der Waals surface area contributed by atoms with Gasteiger partial charge in [0.15, 0.2) is 0 Å². The topological polar surface area (TPSA) is 42.4 Å². The molecule has 0 aliphatic carbocycles. The molecule has 0 unspecified atom stereocenters. The Kier molecular flexibility index (Phi) is 5.50. The maximum Gasteiger partial charge on any atom is 0.320 e. The number of pyridine rings is 1. The van der Waals surface area contributed by atoms with Crippen molar-refractivity contribution in [2.75, 3.05) is 19.7 Å². The van der Waals surface area contributed by atoms with E-state index in [1.807, 2.05) is 30.9 Å². The molecule has 4 heteroatoms. The Morgan fingerprint density at radius 1 is 1.38 bits per heavy atom. The number of hydrogen-bond acceptors (Lipinski definition) is 4. The quantitative estimate of drug-likeness (QED) is 0.683. The molecule has 0 bridgehead atoms. The molecule has 0 amide bonds. The summed E-state index contributed by atoms with van der Waals surface area (Å²) in [6.07, 6.45) is 3.51. The highest BCUT2D eigenvalue weighted by Gasteiger charge is 2.09. The van der Waals surface area contributed by atoms with Gasteiger partial charge < -0.3 is 4.74 Å². The third-order valence-electron chi connectivity index (χ3n) is 2.26. The van der Waals surface area contributed by atoms with E-state index in [1.54, 1.807) is 12.4 Å². The molecule has 1 rings (SSSR count). The lowest BCUT2D eigenvalue weighted by atomic mass is 10.2. The molecule has 0 radical (unpaired) electrons. The predicted octanol–water partition coefficient (Wildman–Crippen LogP) is 1.47. The van der Waals surface area contributed by atoms with Gasteiger partial charge in [-0.15, -0.1) is 0 Å². The Morgan fingerprint density at radius 2 is 2.06 bits per heavy atom. The molecule has 0 aliphatic heterocycles. The van der Waals surface area contributed by atoms with Crippen LogP contribution in [-0.2, 0) is 16.1 Å². The van der Waals surface area contributed by atoms with Gasteiger partial charge in [0.1, 0.15) is 0 Å². The Labute approximate surface area is 96.2 Å². The van der Waals surface area contributed by atoms with Gasteiger partial charge in [-0.25, -0.2) is 0 Å². The molecule has 0 saturated heterocycles. The normalized spacial score (nSPS) is 10.4. The van der Waals surface area contributed by atoms with Gasteiger partial charge in [-0.3, -0.25) is 14.7 Å². The number of ether oxygens (including phenoxy) is 1. The minimum absolute atomic E-state index is 0.168. The molecule has 0 N–H and O–H groups in total. The average Bonchev–Trinajstić information content (AvgIpc) is 2.30. The van der Waals surface area contributed by atoms with Gasteiger partial charge in [-0.2, -0.15) is 0 Å². The van der Waals surface area contributed by atoms with Gasteiger partial charge in [0.25, 0.3) is 0 Å². The van der Waals surface area contributed by atoms with Crippen molar-refractivity contribution >= 4 is 5.97 Å². The number of likely N-dealkylation sites (N-methyl/N-ethyl adjacent to an activating group) is 1. The molecule has 1 aromatic rings. The number of carbonyl (C=O) groups is 1. The zero-order chi connectivity index (χ0) is 11.8. The van der Waals surface area contributed by atoms with Crippen LogP contribution in [0.25, 0.3) is 0 Å². The van der Waals surface area contributed by atoms with Crippen LogP contribution in [0.4, 0.5) is 0 Å². The number of carbonyl (C=O) groups excluding carboxylic acids is 1. The molecule has 16 heavy (non-hydrogen) atoms. The van der Waals surface area contributed by atoms with Crippen molar-refractivity contribution in [3.8, 4) is 0 Å². The van der Waals surface area contributed by atoms with Crippen LogP contribution in [-0.4, -0.2) is 35.5 Å². The van der Waals surface area contributed by atoms with Crippen LogP contribution >= 0.6 is 0 Å². The minimum Gasteiger partial charge on any atom is -0.465 e. The fourth-order valence-corrected chi connectivity index (χ4v) is 1.42. The lowest BCUT2D eigenvalue weighted by Gasteiger charge is -2.18. The first-order chi connectivity index (χ1) is 7.76. The maximum absolute atomic E-state index is 11.3. The van der Waals surface area contributed by atoms with Crippen LogP contribution in [0.3, 0.4) is 0 Å². The number of nitrogens with zero attached hydrogens (tertiary/aromatic N) is 2. The molecule has 1 aromatic heterocycles. The van der Waals surface area contributed by atoms with E-state index in [9.17, 15) is 4.79 Å². The molecular weight excluding hydrogens is 204 g/mol. The average molecular weight is 222 g/mol. The molecule has 4 nitrogen and oxygen atoms in total. The smallest absolute Gasteiger partial charge is 0.320 e. The summed E-state index contributed by atoms with van der Waals surface area (Å²) in [4.78, 5) is 17.3. The lowest BCUT2D eigenvalue weighted by Crippen LogP contribution is -2.30. The Morgan fingerprint density at radius 3 is 2.62 bits per heavy atom. The molecule has 88 valence electrons. The standard InChI is InChI=1S/C12H18N2O2/c1-3-14(10-12(15)16-4-2)9-11-5-7-13-8-6-11/h5-8H,3-4,9-10H2,1-2H3. The first-order valence-electron chi connectivity index (χ1n) is 5.53. The van der Waals surface area contributed by atoms with Crippen molar-refractivity contribution in [3.63, 3.8) is 0 Å². The summed E-state index contributed by atoms with van der Waals surface area (Å²) >= 11 is 0. The van der Waals surface area contributed by atoms with Crippen molar-refractivity contribution in [1.82, 2.24) is 9.88 Å². The first-order valence-corrected chi connectivity index (χ1v) is 5.53. The molecule has 1 heterocycles. The van der Waals surface area contributed by atoms with Crippen molar-refractivity contribution in [2.24, 2.45) is 0 Å². The number of esters is 1. The van der Waals surface area contributed by atoms with Gasteiger partial charge in [-0.05, 0) is 31.2 Å². The van der Waals surface area contributed by atoms with E-state index in [-0.39, 0.29) is 5.97 Å². The highest BCUT2D eigenvalue weighted by molar-refractivity contribution is 5.71. The van der Waals surface area contributed by atoms with Crippen LogP contribution in [0.2, 0.25) is 0 Å². The van der Waals surface area contributed by atoms with Gasteiger partial charge in [-0.1, -0.05) is 6.92 Å². The number of hydrogen-bond donors (Lipinski definition) is 0. The van der Waals surface area contributed by atoms with E-state index in [2.05, 4.69) is 4.98 Å². The molecule has 0 atom stereocenters. The second-order valence-electron chi connectivity index (χ2n) is 3.46. The predicted molar refractivity (Wildman–Crippen MR) is 61.8 cm³/mol. The van der Waals surface area contributed by atoms with E-state index < -0.39 is 0 Å². The summed E-state index contributed by atoms with van der Waals surface area (Å²) in [7, 11) is 0. The largest absolute Gasteiger partial charge is 0.465 e. The fraction of sp³-hybridized carbons (Fsp3) is 0.500. The van der Waals surface area contributed by atoms with Crippen LogP contribution in [0, 0.1) is 0 Å². The number of aromatic nitrogens is 1. The van der Waals surface area contributed by atoms with Crippen LogP contribution in [0.1, 0.15) is 19.4 Å². The summed E-state index contributed by atoms with van der Waals surface area (Å²) in [5, 5.41) is 0. The van der Waals surface area contributed by atoms with Crippen molar-refractivity contribution in [1.29, 1.82) is 0 Å². The Balaban J connectivity index is 2.46. The van der Waals surface area contributed by atoms with E-state index >= 15 is 0 Å². The molecule has 0 aromatic carbocycles. The maximum atomic E-state index is 11.3. The Hall–Kier alpha value is -1.42. The summed E-state index contributed by atoms with van der Waals surface area (Å²) in [6, 6.07) is 3.90. The zero-order valence-corrected chi connectivity index (χ0v) is 9.85. The summed E-state index contributed by atoms with van der Waals surface area (Å²) in [5.74, 6) is -0.168. The third-order valence-corrected chi connectivity index (χ3v) is 2.26. The fourth-order valence-electron chi connectivity index (χ4n) is 1.42. The first kappa shape index (κ1) is 12.6. The molecule has 0 aliphatic rings. The lowest BCUT2D eigenvalue weighted by molar-refractivity contribution is -0.144. The van der Waals surface area contributed by atoms with E-state index in [4.69, 9.17) is 4.74 Å². The third kappa shape index (κ3) is 4.40. The SMILES string of the molecule is CCOC(=O)CN(CC)Cc1ccncc1. The van der Waals surface area contributed by atoms with Gasteiger partial charge in [0.05, 0.1) is 13.2 Å². The van der Waals surface area contributed by atoms with Crippen molar-refractivity contribution < 1.29 is 9.53 Å². The second kappa shape index (κ2) is 6.95. The minimum atomic E-state index is -0.168. The molecule has 0 fully saturated rings. The van der Waals surface area contributed by atoms with Crippen LogP contribution in [0.5, 0.6) is 0 Å². The summed E-state index contributed by atoms with van der Waals surface area (Å²) < 4.78 is 4.92. The van der Waals surface area contributed by atoms with Gasteiger partial charge in [0.2, 0.25) is 0 Å². The van der Waals surface area contributed by atoms with Crippen LogP contribution < -0.4 is 0 Å². The molecule has 0 saturated carbocycles. The highest BCUT2D eigenvalue weighted by atomic mass is 16.5. The molecular formula is C12H18N2O2. The van der Waals surface area contributed by atoms with E-state index in [0.717, 1.165) is 18.7 Å². The highest BCUT2D eigenvalue weighted by Crippen LogP contribution is 2.02. The summed E-state index contributed by atoms with van der Waals surface area (Å²) in [5.41, 5.74) is 1.15. The number of rotatable bonds is 6. The van der Waals surface area contributed by atoms with Crippen molar-refractivity contribution in [2.45, 2.75) is 20.4 Å². The monoisotopic (exact) mass is 222 g/mol. The van der Waals surface area contributed by atoms with E-state index in [0.29, 0.717) is 13.2 Å². The van der Waals surface area contributed by atoms with Gasteiger partial charge in [0, 0.05) is 18.9 Å².